The summed E-state index contributed by atoms with van der Waals surface area (Å²) in [4.78, 5) is 38.2. The molecular weight excluding hydrogens is 737 g/mol. The molecule has 60 heavy (non-hydrogen) atoms. The first kappa shape index (κ1) is 36.0. The van der Waals surface area contributed by atoms with Gasteiger partial charge in [0.1, 0.15) is 6.33 Å². The van der Waals surface area contributed by atoms with Crippen molar-refractivity contribution in [3.8, 4) is 102 Å². The molecule has 0 bridgehead atoms. The molecule has 0 aliphatic rings. The van der Waals surface area contributed by atoms with Gasteiger partial charge in [-0.2, -0.15) is 0 Å². The molecule has 10 rings (SSSR count). The van der Waals surface area contributed by atoms with E-state index in [4.69, 9.17) is 29.9 Å². The summed E-state index contributed by atoms with van der Waals surface area (Å²) in [7, 11) is 0. The average Bonchev–Trinajstić information content (AvgIpc) is 3.35. The molecule has 0 aliphatic carbocycles. The topological polar surface area (TPSA) is 103 Å². The second-order valence-corrected chi connectivity index (χ2v) is 14.1. The van der Waals surface area contributed by atoms with Gasteiger partial charge in [0.2, 0.25) is 0 Å². The summed E-state index contributed by atoms with van der Waals surface area (Å²) in [5, 5.41) is 0. The molecule has 0 atom stereocenters. The van der Waals surface area contributed by atoms with Crippen LogP contribution < -0.4 is 0 Å². The van der Waals surface area contributed by atoms with Crippen LogP contribution >= 0.6 is 0 Å². The van der Waals surface area contributed by atoms with Crippen LogP contribution in [0.25, 0.3) is 102 Å². The summed E-state index contributed by atoms with van der Waals surface area (Å²) >= 11 is 0. The third-order valence-corrected chi connectivity index (χ3v) is 10.2. The summed E-state index contributed by atoms with van der Waals surface area (Å²) in [5.74, 6) is 3.72. The minimum atomic E-state index is 0.605. The molecule has 8 heteroatoms. The standard InChI is InChI=1S/C52H34N8/c1-5-13-37(14-6-1)47-55-48(38-15-7-2-8-16-38)58-51(57-47)41-25-21-35(22-26-41)43-29-30-44(45(33-43)46-31-32-53-34-54-46)36-23-27-42(28-24-36)52-59-49(39-17-9-3-10-18-39)56-50(60-52)40-19-11-4-12-20-40/h1-34H. The predicted molar refractivity (Wildman–Crippen MR) is 238 cm³/mol. The van der Waals surface area contributed by atoms with Gasteiger partial charge in [-0.15, -0.1) is 0 Å². The maximum absolute atomic E-state index is 4.92. The molecule has 0 unspecified atom stereocenters. The van der Waals surface area contributed by atoms with Gasteiger partial charge in [0.15, 0.2) is 34.9 Å². The van der Waals surface area contributed by atoms with Crippen LogP contribution in [0, 0.1) is 0 Å². The first-order valence-electron chi connectivity index (χ1n) is 19.6. The van der Waals surface area contributed by atoms with E-state index in [1.807, 2.05) is 127 Å². The fourth-order valence-corrected chi connectivity index (χ4v) is 7.12. The number of rotatable bonds is 9. The smallest absolute Gasteiger partial charge is 0.164 e. The van der Waals surface area contributed by atoms with Crippen molar-refractivity contribution in [2.24, 2.45) is 0 Å². The highest BCUT2D eigenvalue weighted by Gasteiger charge is 2.16. The Morgan fingerprint density at radius 2 is 0.583 bits per heavy atom. The van der Waals surface area contributed by atoms with Crippen LogP contribution in [0.5, 0.6) is 0 Å². The van der Waals surface area contributed by atoms with E-state index in [9.17, 15) is 0 Å². The van der Waals surface area contributed by atoms with Crippen molar-refractivity contribution >= 4 is 0 Å². The monoisotopic (exact) mass is 770 g/mol. The highest BCUT2D eigenvalue weighted by Crippen LogP contribution is 2.37. The zero-order valence-electron chi connectivity index (χ0n) is 32.2. The van der Waals surface area contributed by atoms with Crippen molar-refractivity contribution in [3.05, 3.63) is 207 Å². The van der Waals surface area contributed by atoms with Crippen LogP contribution in [0.3, 0.4) is 0 Å². The Bertz CT molecular complexity index is 2920. The third-order valence-electron chi connectivity index (χ3n) is 10.2. The van der Waals surface area contributed by atoms with Gasteiger partial charge >= 0.3 is 0 Å². The van der Waals surface area contributed by atoms with Crippen LogP contribution in [0.15, 0.2) is 207 Å². The largest absolute Gasteiger partial charge is 0.245 e. The number of aromatic nitrogens is 8. The van der Waals surface area contributed by atoms with Crippen LogP contribution in [0.2, 0.25) is 0 Å². The van der Waals surface area contributed by atoms with Crippen LogP contribution in [-0.2, 0) is 0 Å². The SMILES string of the molecule is c1ccc(-c2nc(-c3ccccc3)nc(-c3ccc(-c4ccc(-c5ccc(-c6nc(-c7ccccc7)nc(-c7ccccc7)n6)cc5)c(-c5ccncn5)c4)cc3)n2)cc1. The van der Waals surface area contributed by atoms with Gasteiger partial charge in [-0.25, -0.2) is 39.9 Å². The van der Waals surface area contributed by atoms with E-state index in [1.165, 1.54) is 0 Å². The predicted octanol–water partition coefficient (Wildman–Crippen LogP) is 11.8. The fraction of sp³-hybridized carbons (Fsp3) is 0. The van der Waals surface area contributed by atoms with E-state index >= 15 is 0 Å². The molecule has 0 saturated carbocycles. The molecule has 0 aliphatic heterocycles. The van der Waals surface area contributed by atoms with Crippen LogP contribution in [0.1, 0.15) is 0 Å². The molecule has 0 spiro atoms. The molecule has 3 heterocycles. The molecule has 0 amide bonds. The Morgan fingerprint density at radius 1 is 0.250 bits per heavy atom. The maximum atomic E-state index is 4.92. The second kappa shape index (κ2) is 16.2. The first-order valence-corrected chi connectivity index (χ1v) is 19.6. The summed E-state index contributed by atoms with van der Waals surface area (Å²) in [6.07, 6.45) is 3.36. The van der Waals surface area contributed by atoms with Crippen molar-refractivity contribution in [2.75, 3.05) is 0 Å². The average molecular weight is 771 g/mol. The van der Waals surface area contributed by atoms with E-state index in [1.54, 1.807) is 12.5 Å². The van der Waals surface area contributed by atoms with Crippen molar-refractivity contribution in [3.63, 3.8) is 0 Å². The lowest BCUT2D eigenvalue weighted by atomic mass is 9.92. The van der Waals surface area contributed by atoms with Crippen LogP contribution in [0.4, 0.5) is 0 Å². The van der Waals surface area contributed by atoms with E-state index in [0.29, 0.717) is 34.9 Å². The summed E-state index contributed by atoms with van der Waals surface area (Å²) in [6.45, 7) is 0. The normalized spacial score (nSPS) is 11.0. The summed E-state index contributed by atoms with van der Waals surface area (Å²) in [6, 6.07) is 65.2. The Labute approximate surface area is 347 Å². The zero-order chi connectivity index (χ0) is 40.1. The highest BCUT2D eigenvalue weighted by molar-refractivity contribution is 5.87. The van der Waals surface area contributed by atoms with Crippen molar-refractivity contribution in [2.45, 2.75) is 0 Å². The van der Waals surface area contributed by atoms with E-state index in [2.05, 4.69) is 76.7 Å². The molecule has 0 saturated heterocycles. The highest BCUT2D eigenvalue weighted by atomic mass is 15.0. The minimum Gasteiger partial charge on any atom is -0.245 e. The molecule has 282 valence electrons. The van der Waals surface area contributed by atoms with Gasteiger partial charge in [-0.3, -0.25) is 0 Å². The Kier molecular flexibility index (Phi) is 9.75. The Hall–Kier alpha value is -8.36. The molecule has 0 N–H and O–H groups in total. The first-order chi connectivity index (χ1) is 29.7. The molecule has 7 aromatic carbocycles. The quantitative estimate of drug-likeness (QED) is 0.143. The van der Waals surface area contributed by atoms with Crippen molar-refractivity contribution in [1.29, 1.82) is 0 Å². The van der Waals surface area contributed by atoms with Gasteiger partial charge in [0, 0.05) is 45.1 Å². The van der Waals surface area contributed by atoms with Crippen LogP contribution in [-0.4, -0.2) is 39.9 Å². The molecule has 10 aromatic rings. The third kappa shape index (κ3) is 7.56. The van der Waals surface area contributed by atoms with E-state index < -0.39 is 0 Å². The zero-order valence-corrected chi connectivity index (χ0v) is 32.2. The second-order valence-electron chi connectivity index (χ2n) is 14.1. The molecule has 0 radical (unpaired) electrons. The molecule has 0 fully saturated rings. The lowest BCUT2D eigenvalue weighted by molar-refractivity contribution is 1.07. The van der Waals surface area contributed by atoms with E-state index in [-0.39, 0.29) is 0 Å². The van der Waals surface area contributed by atoms with Gasteiger partial charge < -0.3 is 0 Å². The van der Waals surface area contributed by atoms with Gasteiger partial charge in [0.05, 0.1) is 5.69 Å². The fourth-order valence-electron chi connectivity index (χ4n) is 7.12. The Morgan fingerprint density at radius 3 is 0.950 bits per heavy atom. The number of benzene rings is 7. The van der Waals surface area contributed by atoms with Crippen molar-refractivity contribution in [1.82, 2.24) is 39.9 Å². The maximum Gasteiger partial charge on any atom is 0.164 e. The minimum absolute atomic E-state index is 0.605. The summed E-state index contributed by atoms with van der Waals surface area (Å²) in [5.41, 5.74) is 11.5. The summed E-state index contributed by atoms with van der Waals surface area (Å²) < 4.78 is 0. The van der Waals surface area contributed by atoms with Crippen molar-refractivity contribution < 1.29 is 0 Å². The molecule has 8 nitrogen and oxygen atoms in total. The Balaban J connectivity index is 0.993. The number of hydrogen-bond acceptors (Lipinski definition) is 8. The number of hydrogen-bond donors (Lipinski definition) is 0. The lowest BCUT2D eigenvalue weighted by Gasteiger charge is -2.14. The van der Waals surface area contributed by atoms with Gasteiger partial charge in [-0.05, 0) is 34.4 Å². The van der Waals surface area contributed by atoms with Gasteiger partial charge in [-0.1, -0.05) is 182 Å². The number of nitrogens with zero attached hydrogens (tertiary/aromatic N) is 8. The molecular formula is C52H34N8. The van der Waals surface area contributed by atoms with E-state index in [0.717, 1.165) is 66.9 Å². The lowest BCUT2D eigenvalue weighted by Crippen LogP contribution is -2.00. The van der Waals surface area contributed by atoms with Gasteiger partial charge in [0.25, 0.3) is 0 Å². The molecule has 3 aromatic heterocycles.